The summed E-state index contributed by atoms with van der Waals surface area (Å²) in [6, 6.07) is 16.3. The third kappa shape index (κ3) is 12.8. The first-order valence-electron chi connectivity index (χ1n) is 17.0. The SMILES string of the molecule is CCCCCCCCCCCCc1ccc(OC(=O)c2ccc(-c3ccc(OCCCCCCCC)c(F)c3)cc2)cc1F. The Balaban J connectivity index is 1.41. The number of esters is 1. The normalized spacial score (nSPS) is 11.1. The fraction of sp³-hybridized carbons (Fsp3) is 0.513. The van der Waals surface area contributed by atoms with E-state index < -0.39 is 11.8 Å². The standard InChI is InChI=1S/C39H52F2O3/c1-3-5-7-9-11-12-13-14-15-17-19-32-24-26-35(30-36(32)40)44-39(42)33-22-20-31(21-23-33)34-25-27-38(37(41)29-34)43-28-18-16-10-8-6-4-2/h20-27,29-30H,3-19,28H2,1-2H3. The zero-order valence-electron chi connectivity index (χ0n) is 27.0. The van der Waals surface area contributed by atoms with Crippen molar-refractivity contribution in [3.63, 3.8) is 0 Å². The quantitative estimate of drug-likeness (QED) is 0.0648. The van der Waals surface area contributed by atoms with Crippen molar-refractivity contribution in [3.8, 4) is 22.6 Å². The van der Waals surface area contributed by atoms with E-state index >= 15 is 0 Å². The second kappa shape index (κ2) is 20.7. The van der Waals surface area contributed by atoms with Crippen LogP contribution in [-0.4, -0.2) is 12.6 Å². The molecule has 44 heavy (non-hydrogen) atoms. The molecule has 0 atom stereocenters. The topological polar surface area (TPSA) is 35.5 Å². The van der Waals surface area contributed by atoms with Gasteiger partial charge in [0.05, 0.1) is 12.2 Å². The highest BCUT2D eigenvalue weighted by Gasteiger charge is 2.12. The van der Waals surface area contributed by atoms with Crippen LogP contribution in [0.1, 0.15) is 133 Å². The number of hydrogen-bond donors (Lipinski definition) is 0. The van der Waals surface area contributed by atoms with E-state index in [1.165, 1.54) is 89.2 Å². The summed E-state index contributed by atoms with van der Waals surface area (Å²) in [5.74, 6) is -0.882. The molecule has 0 unspecified atom stereocenters. The Hall–Kier alpha value is -3.21. The van der Waals surface area contributed by atoms with E-state index in [0.717, 1.165) is 31.2 Å². The first-order chi connectivity index (χ1) is 21.5. The van der Waals surface area contributed by atoms with Gasteiger partial charge in [0, 0.05) is 6.07 Å². The van der Waals surface area contributed by atoms with Crippen LogP contribution in [0.5, 0.6) is 11.5 Å². The molecular weight excluding hydrogens is 554 g/mol. The van der Waals surface area contributed by atoms with Gasteiger partial charge in [-0.25, -0.2) is 13.6 Å². The molecule has 5 heteroatoms. The minimum Gasteiger partial charge on any atom is -0.491 e. The summed E-state index contributed by atoms with van der Waals surface area (Å²) in [4.78, 5) is 12.7. The van der Waals surface area contributed by atoms with Gasteiger partial charge in [-0.3, -0.25) is 0 Å². The van der Waals surface area contributed by atoms with Crippen molar-refractivity contribution in [1.29, 1.82) is 0 Å². The lowest BCUT2D eigenvalue weighted by molar-refractivity contribution is 0.0734. The summed E-state index contributed by atoms with van der Waals surface area (Å²) in [6.07, 6.45) is 20.0. The average molecular weight is 607 g/mol. The Morgan fingerprint density at radius 2 is 1.16 bits per heavy atom. The maximum absolute atomic E-state index is 14.7. The monoisotopic (exact) mass is 606 g/mol. The zero-order valence-corrected chi connectivity index (χ0v) is 27.0. The highest BCUT2D eigenvalue weighted by atomic mass is 19.1. The molecule has 0 aliphatic rings. The maximum Gasteiger partial charge on any atom is 0.343 e. The van der Waals surface area contributed by atoms with Crippen molar-refractivity contribution in [1.82, 2.24) is 0 Å². The number of unbranched alkanes of at least 4 members (excludes halogenated alkanes) is 14. The molecule has 0 spiro atoms. The lowest BCUT2D eigenvalue weighted by Crippen LogP contribution is -2.08. The predicted octanol–water partition coefficient (Wildman–Crippen LogP) is 12.1. The van der Waals surface area contributed by atoms with Gasteiger partial charge in [0.1, 0.15) is 11.6 Å². The van der Waals surface area contributed by atoms with E-state index in [0.29, 0.717) is 29.7 Å². The Labute approximate surface area is 264 Å². The smallest absolute Gasteiger partial charge is 0.343 e. The van der Waals surface area contributed by atoms with Crippen LogP contribution in [0.25, 0.3) is 11.1 Å². The van der Waals surface area contributed by atoms with Crippen LogP contribution < -0.4 is 9.47 Å². The van der Waals surface area contributed by atoms with Gasteiger partial charge < -0.3 is 9.47 Å². The first-order valence-corrected chi connectivity index (χ1v) is 17.0. The number of ether oxygens (including phenoxy) is 2. The minimum absolute atomic E-state index is 0.182. The van der Waals surface area contributed by atoms with Gasteiger partial charge in [-0.2, -0.15) is 0 Å². The molecular formula is C39H52F2O3. The molecule has 0 saturated carbocycles. The van der Waals surface area contributed by atoms with Crippen molar-refractivity contribution in [2.24, 2.45) is 0 Å². The number of halogens is 2. The van der Waals surface area contributed by atoms with Crippen LogP contribution in [-0.2, 0) is 6.42 Å². The highest BCUT2D eigenvalue weighted by molar-refractivity contribution is 5.91. The van der Waals surface area contributed by atoms with Crippen LogP contribution in [0, 0.1) is 11.6 Å². The van der Waals surface area contributed by atoms with Gasteiger partial charge in [-0.05, 0) is 66.3 Å². The summed E-state index contributed by atoms with van der Waals surface area (Å²) in [7, 11) is 0. The van der Waals surface area contributed by atoms with Gasteiger partial charge in [0.25, 0.3) is 0 Å². The second-order valence-corrected chi connectivity index (χ2v) is 11.9. The number of aryl methyl sites for hydroxylation is 1. The van der Waals surface area contributed by atoms with Crippen LogP contribution in [0.2, 0.25) is 0 Å². The number of rotatable bonds is 22. The van der Waals surface area contributed by atoms with Crippen LogP contribution in [0.3, 0.4) is 0 Å². The summed E-state index contributed by atoms with van der Waals surface area (Å²) < 4.78 is 40.4. The van der Waals surface area contributed by atoms with Crippen molar-refractivity contribution in [2.75, 3.05) is 6.61 Å². The van der Waals surface area contributed by atoms with E-state index in [9.17, 15) is 13.6 Å². The van der Waals surface area contributed by atoms with Crippen molar-refractivity contribution in [3.05, 3.63) is 83.4 Å². The summed E-state index contributed by atoms with van der Waals surface area (Å²) in [5, 5.41) is 0. The minimum atomic E-state index is -0.567. The van der Waals surface area contributed by atoms with E-state index in [-0.39, 0.29) is 17.3 Å². The molecule has 0 radical (unpaired) electrons. The molecule has 3 nitrogen and oxygen atoms in total. The van der Waals surface area contributed by atoms with Gasteiger partial charge >= 0.3 is 5.97 Å². The van der Waals surface area contributed by atoms with Gasteiger partial charge in [0.2, 0.25) is 0 Å². The van der Waals surface area contributed by atoms with Gasteiger partial charge in [-0.1, -0.05) is 128 Å². The molecule has 0 heterocycles. The molecule has 0 aliphatic heterocycles. The van der Waals surface area contributed by atoms with Crippen LogP contribution in [0.15, 0.2) is 60.7 Å². The Morgan fingerprint density at radius 1 is 0.591 bits per heavy atom. The fourth-order valence-electron chi connectivity index (χ4n) is 5.42. The number of hydrogen-bond acceptors (Lipinski definition) is 3. The molecule has 0 amide bonds. The van der Waals surface area contributed by atoms with E-state index in [1.807, 2.05) is 6.07 Å². The van der Waals surface area contributed by atoms with Crippen LogP contribution in [0.4, 0.5) is 8.78 Å². The Morgan fingerprint density at radius 3 is 1.75 bits per heavy atom. The third-order valence-electron chi connectivity index (χ3n) is 8.18. The van der Waals surface area contributed by atoms with Crippen molar-refractivity contribution >= 4 is 5.97 Å². The second-order valence-electron chi connectivity index (χ2n) is 11.9. The number of carbonyl (C=O) groups is 1. The summed E-state index contributed by atoms with van der Waals surface area (Å²) in [6.45, 7) is 4.94. The number of benzene rings is 3. The molecule has 0 bridgehead atoms. The van der Waals surface area contributed by atoms with E-state index in [2.05, 4.69) is 13.8 Å². The van der Waals surface area contributed by atoms with E-state index in [1.54, 1.807) is 42.5 Å². The molecule has 3 aromatic rings. The van der Waals surface area contributed by atoms with Crippen molar-refractivity contribution < 1.29 is 23.0 Å². The first kappa shape index (κ1) is 35.3. The van der Waals surface area contributed by atoms with Gasteiger partial charge in [0.15, 0.2) is 11.6 Å². The third-order valence-corrected chi connectivity index (χ3v) is 8.18. The molecule has 240 valence electrons. The number of carbonyl (C=O) groups excluding carboxylic acids is 1. The lowest BCUT2D eigenvalue weighted by atomic mass is 10.0. The molecule has 3 rings (SSSR count). The van der Waals surface area contributed by atoms with Gasteiger partial charge in [-0.15, -0.1) is 0 Å². The lowest BCUT2D eigenvalue weighted by Gasteiger charge is -2.10. The maximum atomic E-state index is 14.7. The summed E-state index contributed by atoms with van der Waals surface area (Å²) in [5.41, 5.74) is 2.45. The fourth-order valence-corrected chi connectivity index (χ4v) is 5.42. The van der Waals surface area contributed by atoms with Crippen LogP contribution >= 0.6 is 0 Å². The van der Waals surface area contributed by atoms with E-state index in [4.69, 9.17) is 9.47 Å². The largest absolute Gasteiger partial charge is 0.491 e. The Kier molecular flexibility index (Phi) is 16.6. The zero-order chi connectivity index (χ0) is 31.4. The van der Waals surface area contributed by atoms with Crippen molar-refractivity contribution in [2.45, 2.75) is 123 Å². The molecule has 3 aromatic carbocycles. The Bertz CT molecular complexity index is 1240. The molecule has 0 aromatic heterocycles. The molecule has 0 fully saturated rings. The molecule has 0 aliphatic carbocycles. The predicted molar refractivity (Wildman–Crippen MR) is 178 cm³/mol. The average Bonchev–Trinajstić information content (AvgIpc) is 3.03. The molecule has 0 saturated heterocycles. The molecule has 0 N–H and O–H groups in total. The highest BCUT2D eigenvalue weighted by Crippen LogP contribution is 2.27. The summed E-state index contributed by atoms with van der Waals surface area (Å²) >= 11 is 0.